The quantitative estimate of drug-likeness (QED) is 0.711. The summed E-state index contributed by atoms with van der Waals surface area (Å²) in [5, 5.41) is 11.1. The maximum Gasteiger partial charge on any atom is 0.303 e. The van der Waals surface area contributed by atoms with Gasteiger partial charge < -0.3 is 10.0 Å². The normalized spacial score (nSPS) is 10.7. The first kappa shape index (κ1) is 18.0. The van der Waals surface area contributed by atoms with Crippen LogP contribution in [0.4, 0.5) is 0 Å². The Balaban J connectivity index is 1.66. The lowest BCUT2D eigenvalue weighted by atomic mass is 10.0. The summed E-state index contributed by atoms with van der Waals surface area (Å²) in [6.45, 7) is 0.691. The molecule has 128 valence electrons. The molecule has 4 nitrogen and oxygen atoms in total. The number of carbonyl (C=O) groups is 2. The van der Waals surface area contributed by atoms with Crippen molar-refractivity contribution in [2.75, 3.05) is 13.6 Å². The van der Waals surface area contributed by atoms with E-state index in [9.17, 15) is 9.59 Å². The molecule has 4 heteroatoms. The number of hydrogen-bond donors (Lipinski definition) is 1. The molecule has 0 saturated carbocycles. The molecule has 0 aliphatic carbocycles. The number of carboxylic acids is 1. The number of carboxylic acid groups (broad SMARTS) is 1. The molecule has 24 heavy (non-hydrogen) atoms. The van der Waals surface area contributed by atoms with E-state index in [0.29, 0.717) is 6.54 Å². The fourth-order valence-electron chi connectivity index (χ4n) is 2.78. The van der Waals surface area contributed by atoms with Crippen molar-refractivity contribution >= 4 is 22.6 Å². The van der Waals surface area contributed by atoms with Crippen molar-refractivity contribution in [2.45, 2.75) is 38.5 Å². The first-order valence-corrected chi connectivity index (χ1v) is 8.49. The van der Waals surface area contributed by atoms with Crippen LogP contribution in [0.3, 0.4) is 0 Å². The predicted octanol–water partition coefficient (Wildman–Crippen LogP) is 3.88. The number of rotatable bonds is 9. The molecule has 0 aliphatic rings. The van der Waals surface area contributed by atoms with Gasteiger partial charge in [0.05, 0.1) is 6.42 Å². The molecule has 0 bridgehead atoms. The summed E-state index contributed by atoms with van der Waals surface area (Å²) in [5.41, 5.74) is 1.35. The van der Waals surface area contributed by atoms with Crippen LogP contribution >= 0.6 is 0 Å². The zero-order valence-electron chi connectivity index (χ0n) is 14.2. The van der Waals surface area contributed by atoms with Crippen molar-refractivity contribution in [3.05, 3.63) is 48.0 Å². The van der Waals surface area contributed by atoms with Gasteiger partial charge in [-0.2, -0.15) is 0 Å². The van der Waals surface area contributed by atoms with Crippen molar-refractivity contribution in [1.29, 1.82) is 0 Å². The number of carbonyl (C=O) groups excluding carboxylic acids is 1. The van der Waals surface area contributed by atoms with E-state index < -0.39 is 5.97 Å². The molecule has 1 N–H and O–H groups in total. The second-order valence-corrected chi connectivity index (χ2v) is 6.20. The van der Waals surface area contributed by atoms with Crippen molar-refractivity contribution in [1.82, 2.24) is 4.90 Å². The standard InChI is InChI=1S/C20H25NO3/c1-21(19(22)12-13-20(23)24)14-6-2-3-7-16-10-11-17-8-4-5-9-18(17)15-16/h4-5,8-11,15H,2-3,6-7,12-14H2,1H3,(H,23,24). The fraction of sp³-hybridized carbons (Fsp3) is 0.400. The number of unbranched alkanes of at least 4 members (excludes halogenated alkanes) is 2. The lowest BCUT2D eigenvalue weighted by molar-refractivity contribution is -0.140. The number of benzene rings is 2. The molecule has 0 spiro atoms. The summed E-state index contributed by atoms with van der Waals surface area (Å²) < 4.78 is 0. The van der Waals surface area contributed by atoms with Gasteiger partial charge in [0.15, 0.2) is 0 Å². The van der Waals surface area contributed by atoms with Crippen LogP contribution in [-0.2, 0) is 16.0 Å². The average molecular weight is 327 g/mol. The summed E-state index contributed by atoms with van der Waals surface area (Å²) in [6, 6.07) is 15.0. The molecule has 2 aromatic carbocycles. The van der Waals surface area contributed by atoms with Crippen LogP contribution in [0.5, 0.6) is 0 Å². The SMILES string of the molecule is CN(CCCCCc1ccc2ccccc2c1)C(=O)CCC(=O)O. The maximum atomic E-state index is 11.7. The fourth-order valence-corrected chi connectivity index (χ4v) is 2.78. The van der Waals surface area contributed by atoms with E-state index in [4.69, 9.17) is 5.11 Å². The summed E-state index contributed by atoms with van der Waals surface area (Å²) in [7, 11) is 1.74. The molecular formula is C20H25NO3. The minimum atomic E-state index is -0.924. The van der Waals surface area contributed by atoms with E-state index in [2.05, 4.69) is 42.5 Å². The predicted molar refractivity (Wildman–Crippen MR) is 96.0 cm³/mol. The Morgan fingerprint density at radius 1 is 0.958 bits per heavy atom. The second-order valence-electron chi connectivity index (χ2n) is 6.20. The number of aryl methyl sites for hydroxylation is 1. The first-order chi connectivity index (χ1) is 11.6. The van der Waals surface area contributed by atoms with Gasteiger partial charge in [0.25, 0.3) is 0 Å². The van der Waals surface area contributed by atoms with Gasteiger partial charge in [0.2, 0.25) is 5.91 Å². The highest BCUT2D eigenvalue weighted by Gasteiger charge is 2.10. The molecule has 0 aromatic heterocycles. The molecule has 2 aromatic rings. The monoisotopic (exact) mass is 327 g/mol. The zero-order valence-corrected chi connectivity index (χ0v) is 14.2. The largest absolute Gasteiger partial charge is 0.481 e. The van der Waals surface area contributed by atoms with Gasteiger partial charge >= 0.3 is 5.97 Å². The second kappa shape index (κ2) is 9.06. The Bertz CT molecular complexity index is 696. The van der Waals surface area contributed by atoms with Crippen LogP contribution in [0.25, 0.3) is 10.8 Å². The minimum Gasteiger partial charge on any atom is -0.481 e. The van der Waals surface area contributed by atoms with Gasteiger partial charge in [-0.3, -0.25) is 9.59 Å². The van der Waals surface area contributed by atoms with Crippen LogP contribution in [-0.4, -0.2) is 35.5 Å². The van der Waals surface area contributed by atoms with Crippen molar-refractivity contribution < 1.29 is 14.7 Å². The zero-order chi connectivity index (χ0) is 17.4. The van der Waals surface area contributed by atoms with Gasteiger partial charge in [-0.15, -0.1) is 0 Å². The number of fused-ring (bicyclic) bond motifs is 1. The lowest BCUT2D eigenvalue weighted by Crippen LogP contribution is -2.28. The van der Waals surface area contributed by atoms with E-state index in [1.807, 2.05) is 0 Å². The summed E-state index contributed by atoms with van der Waals surface area (Å²) >= 11 is 0. The van der Waals surface area contributed by atoms with Crippen LogP contribution < -0.4 is 0 Å². The molecule has 0 unspecified atom stereocenters. The Labute approximate surface area is 143 Å². The minimum absolute atomic E-state index is 0.0862. The number of nitrogens with zero attached hydrogens (tertiary/aromatic N) is 1. The first-order valence-electron chi connectivity index (χ1n) is 8.49. The third kappa shape index (κ3) is 5.69. The molecular weight excluding hydrogens is 302 g/mol. The van der Waals surface area contributed by atoms with Gasteiger partial charge in [0.1, 0.15) is 0 Å². The highest BCUT2D eigenvalue weighted by Crippen LogP contribution is 2.17. The van der Waals surface area contributed by atoms with Crippen LogP contribution in [0.1, 0.15) is 37.7 Å². The molecule has 0 aliphatic heterocycles. The number of aliphatic carboxylic acids is 1. The number of hydrogen-bond acceptors (Lipinski definition) is 2. The smallest absolute Gasteiger partial charge is 0.303 e. The average Bonchev–Trinajstić information content (AvgIpc) is 2.59. The van der Waals surface area contributed by atoms with Crippen molar-refractivity contribution in [3.8, 4) is 0 Å². The Hall–Kier alpha value is -2.36. The van der Waals surface area contributed by atoms with Crippen molar-refractivity contribution in [2.24, 2.45) is 0 Å². The Kier molecular flexibility index (Phi) is 6.79. The van der Waals surface area contributed by atoms with Crippen LogP contribution in [0.2, 0.25) is 0 Å². The van der Waals surface area contributed by atoms with Crippen LogP contribution in [0, 0.1) is 0 Å². The van der Waals surface area contributed by atoms with E-state index in [-0.39, 0.29) is 18.7 Å². The highest BCUT2D eigenvalue weighted by molar-refractivity contribution is 5.83. The van der Waals surface area contributed by atoms with E-state index in [1.54, 1.807) is 11.9 Å². The van der Waals surface area contributed by atoms with Gasteiger partial charge in [0, 0.05) is 20.0 Å². The molecule has 2 rings (SSSR count). The van der Waals surface area contributed by atoms with E-state index in [0.717, 1.165) is 25.7 Å². The third-order valence-electron chi connectivity index (χ3n) is 4.25. The summed E-state index contributed by atoms with van der Waals surface area (Å²) in [4.78, 5) is 23.8. The van der Waals surface area contributed by atoms with Gasteiger partial charge in [-0.05, 0) is 35.6 Å². The van der Waals surface area contributed by atoms with Gasteiger partial charge in [-0.25, -0.2) is 0 Å². The molecule has 1 amide bonds. The van der Waals surface area contributed by atoms with Gasteiger partial charge in [-0.1, -0.05) is 48.9 Å². The number of amides is 1. The van der Waals surface area contributed by atoms with Crippen LogP contribution in [0.15, 0.2) is 42.5 Å². The molecule has 0 atom stereocenters. The molecule has 0 fully saturated rings. The molecule has 0 heterocycles. The maximum absolute atomic E-state index is 11.7. The Morgan fingerprint density at radius 2 is 1.71 bits per heavy atom. The van der Waals surface area contributed by atoms with E-state index in [1.165, 1.54) is 16.3 Å². The molecule has 0 saturated heterocycles. The van der Waals surface area contributed by atoms with E-state index >= 15 is 0 Å². The summed E-state index contributed by atoms with van der Waals surface area (Å²) in [5.74, 6) is -1.01. The molecule has 0 radical (unpaired) electrons. The Morgan fingerprint density at radius 3 is 2.46 bits per heavy atom. The highest BCUT2D eigenvalue weighted by atomic mass is 16.4. The summed E-state index contributed by atoms with van der Waals surface area (Å²) in [6.07, 6.45) is 4.14. The topological polar surface area (TPSA) is 57.6 Å². The third-order valence-corrected chi connectivity index (χ3v) is 4.25. The lowest BCUT2D eigenvalue weighted by Gasteiger charge is -2.16. The van der Waals surface area contributed by atoms with Crippen molar-refractivity contribution in [3.63, 3.8) is 0 Å².